The van der Waals surface area contributed by atoms with E-state index in [1.54, 1.807) is 0 Å². The molecule has 0 aliphatic carbocycles. The summed E-state index contributed by atoms with van der Waals surface area (Å²) in [5.41, 5.74) is 0. The Morgan fingerprint density at radius 1 is 0.462 bits per heavy atom. The normalized spacial score (nSPS) is 13.6. The van der Waals surface area contributed by atoms with Crippen molar-refractivity contribution >= 4 is 5.91 Å². The van der Waals surface area contributed by atoms with Crippen LogP contribution >= 0.6 is 0 Å². The number of nitrogens with one attached hydrogen (secondary N) is 1. The molecule has 4 N–H and O–H groups in total. The Morgan fingerprint density at radius 3 is 1.12 bits per heavy atom. The zero-order valence-electron chi connectivity index (χ0n) is 35.2. The van der Waals surface area contributed by atoms with Crippen molar-refractivity contribution < 1.29 is 20.1 Å². The van der Waals surface area contributed by atoms with Gasteiger partial charge in [-0.25, -0.2) is 0 Å². The highest BCUT2D eigenvalue weighted by atomic mass is 16.3. The maximum Gasteiger partial charge on any atom is 0.220 e. The fraction of sp³-hybridized carbons (Fsp3) is 0.936. The summed E-state index contributed by atoms with van der Waals surface area (Å²) in [7, 11) is 0. The Morgan fingerprint density at radius 2 is 0.769 bits per heavy atom. The molecular formula is C47H93NO4. The third kappa shape index (κ3) is 37.4. The van der Waals surface area contributed by atoms with E-state index in [1.165, 1.54) is 193 Å². The molecule has 0 saturated heterocycles. The fourth-order valence-corrected chi connectivity index (χ4v) is 7.45. The van der Waals surface area contributed by atoms with Crippen molar-refractivity contribution in [2.45, 2.75) is 276 Å². The Balaban J connectivity index is 3.57. The standard InChI is InChI=1S/C47H93NO4/c1-3-5-7-9-11-13-15-17-19-20-21-22-23-24-25-26-27-28-30-32-34-36-38-40-42-46(51)48-44(43-49)47(52)45(50)41-39-37-35-33-31-29-18-16-14-12-10-8-6-4-2/h24-25,44-45,47,49-50,52H,3-23,26-43H2,1-2H3,(H,48,51)/b25-24-. The molecule has 1 amide bonds. The monoisotopic (exact) mass is 736 g/mol. The van der Waals surface area contributed by atoms with Crippen LogP contribution in [0.1, 0.15) is 258 Å². The number of rotatable bonds is 43. The highest BCUT2D eigenvalue weighted by Gasteiger charge is 2.26. The SMILES string of the molecule is CCCCCCCCCCCCCC/C=C\CCCCCCCCCCC(=O)NC(CO)C(O)C(O)CCCCCCCCCCCCCCCC. The molecule has 0 saturated carbocycles. The summed E-state index contributed by atoms with van der Waals surface area (Å²) in [4.78, 5) is 12.4. The average molecular weight is 736 g/mol. The first-order chi connectivity index (χ1) is 25.6. The largest absolute Gasteiger partial charge is 0.394 e. The van der Waals surface area contributed by atoms with Crippen molar-refractivity contribution in [2.75, 3.05) is 6.61 Å². The van der Waals surface area contributed by atoms with Crippen LogP contribution in [0.4, 0.5) is 0 Å². The van der Waals surface area contributed by atoms with Crippen LogP contribution < -0.4 is 5.32 Å². The van der Waals surface area contributed by atoms with Crippen molar-refractivity contribution in [1.82, 2.24) is 5.32 Å². The summed E-state index contributed by atoms with van der Waals surface area (Å²) in [6.07, 6.45) is 50.4. The minimum absolute atomic E-state index is 0.145. The maximum absolute atomic E-state index is 12.4. The van der Waals surface area contributed by atoms with Crippen LogP contribution in [-0.2, 0) is 4.79 Å². The Bertz CT molecular complexity index is 728. The lowest BCUT2D eigenvalue weighted by atomic mass is 9.99. The summed E-state index contributed by atoms with van der Waals surface area (Å²) in [5, 5.41) is 33.6. The summed E-state index contributed by atoms with van der Waals surface area (Å²) in [6, 6.07) is -0.807. The molecule has 0 aromatic heterocycles. The van der Waals surface area contributed by atoms with Crippen LogP contribution in [-0.4, -0.2) is 46.1 Å². The molecule has 0 aliphatic rings. The van der Waals surface area contributed by atoms with Crippen molar-refractivity contribution in [3.05, 3.63) is 12.2 Å². The second kappa shape index (κ2) is 42.8. The molecule has 0 rings (SSSR count). The Labute approximate surface area is 325 Å². The van der Waals surface area contributed by atoms with E-state index < -0.39 is 18.2 Å². The van der Waals surface area contributed by atoms with Gasteiger partial charge in [-0.1, -0.05) is 225 Å². The molecule has 0 aromatic carbocycles. The van der Waals surface area contributed by atoms with E-state index >= 15 is 0 Å². The number of carbonyl (C=O) groups is 1. The van der Waals surface area contributed by atoms with E-state index in [1.807, 2.05) is 0 Å². The van der Waals surface area contributed by atoms with E-state index in [-0.39, 0.29) is 12.5 Å². The molecule has 0 radical (unpaired) electrons. The lowest BCUT2D eigenvalue weighted by molar-refractivity contribution is -0.124. The number of aliphatic hydroxyl groups excluding tert-OH is 3. The van der Waals surface area contributed by atoms with Crippen LogP contribution in [0.5, 0.6) is 0 Å². The Hall–Kier alpha value is -0.910. The van der Waals surface area contributed by atoms with Gasteiger partial charge in [0.1, 0.15) is 6.10 Å². The number of amides is 1. The second-order valence-electron chi connectivity index (χ2n) is 16.3. The predicted octanol–water partition coefficient (Wildman–Crippen LogP) is 13.6. The van der Waals surface area contributed by atoms with Gasteiger partial charge in [-0.15, -0.1) is 0 Å². The van der Waals surface area contributed by atoms with Gasteiger partial charge in [0.15, 0.2) is 0 Å². The van der Waals surface area contributed by atoms with Crippen molar-refractivity contribution in [3.8, 4) is 0 Å². The van der Waals surface area contributed by atoms with E-state index in [4.69, 9.17) is 0 Å². The van der Waals surface area contributed by atoms with Crippen molar-refractivity contribution in [2.24, 2.45) is 0 Å². The highest BCUT2D eigenvalue weighted by molar-refractivity contribution is 5.76. The Kier molecular flexibility index (Phi) is 42.1. The van der Waals surface area contributed by atoms with E-state index in [0.29, 0.717) is 12.8 Å². The predicted molar refractivity (Wildman–Crippen MR) is 227 cm³/mol. The van der Waals surface area contributed by atoms with Crippen molar-refractivity contribution in [3.63, 3.8) is 0 Å². The van der Waals surface area contributed by atoms with Crippen LogP contribution in [0.25, 0.3) is 0 Å². The molecule has 0 spiro atoms. The third-order valence-electron chi connectivity index (χ3n) is 11.1. The van der Waals surface area contributed by atoms with Gasteiger partial charge in [0.25, 0.3) is 0 Å². The van der Waals surface area contributed by atoms with Gasteiger partial charge in [-0.3, -0.25) is 4.79 Å². The lowest BCUT2D eigenvalue weighted by Gasteiger charge is -2.26. The minimum atomic E-state index is -1.13. The number of allylic oxidation sites excluding steroid dienone is 2. The maximum atomic E-state index is 12.4. The lowest BCUT2D eigenvalue weighted by Crippen LogP contribution is -2.50. The van der Waals surface area contributed by atoms with Gasteiger partial charge in [0.05, 0.1) is 18.8 Å². The number of hydrogen-bond acceptors (Lipinski definition) is 4. The molecule has 5 heteroatoms. The molecule has 0 bridgehead atoms. The molecule has 3 unspecified atom stereocenters. The molecule has 5 nitrogen and oxygen atoms in total. The number of hydrogen-bond donors (Lipinski definition) is 4. The van der Waals surface area contributed by atoms with Crippen LogP contribution in [0.15, 0.2) is 12.2 Å². The van der Waals surface area contributed by atoms with Crippen LogP contribution in [0.2, 0.25) is 0 Å². The fourth-order valence-electron chi connectivity index (χ4n) is 7.45. The second-order valence-corrected chi connectivity index (χ2v) is 16.3. The molecule has 310 valence electrons. The highest BCUT2D eigenvalue weighted by Crippen LogP contribution is 2.17. The molecule has 0 aliphatic heterocycles. The summed E-state index contributed by atoms with van der Waals surface area (Å²) in [6.45, 7) is 4.19. The van der Waals surface area contributed by atoms with Gasteiger partial charge in [0, 0.05) is 6.42 Å². The van der Waals surface area contributed by atoms with Crippen LogP contribution in [0, 0.1) is 0 Å². The van der Waals surface area contributed by atoms with Crippen molar-refractivity contribution in [1.29, 1.82) is 0 Å². The number of unbranched alkanes of at least 4 members (excludes halogenated alkanes) is 33. The number of aliphatic hydroxyl groups is 3. The number of carbonyl (C=O) groups excluding carboxylic acids is 1. The molecule has 3 atom stereocenters. The molecule has 0 heterocycles. The first-order valence-electron chi connectivity index (χ1n) is 23.5. The quantitative estimate of drug-likeness (QED) is 0.0371. The third-order valence-corrected chi connectivity index (χ3v) is 11.1. The molecule has 0 fully saturated rings. The zero-order valence-corrected chi connectivity index (χ0v) is 35.2. The zero-order chi connectivity index (χ0) is 38.0. The van der Waals surface area contributed by atoms with E-state index in [0.717, 1.165) is 38.5 Å². The van der Waals surface area contributed by atoms with Gasteiger partial charge >= 0.3 is 0 Å². The van der Waals surface area contributed by atoms with Gasteiger partial charge in [-0.2, -0.15) is 0 Å². The topological polar surface area (TPSA) is 89.8 Å². The van der Waals surface area contributed by atoms with E-state index in [2.05, 4.69) is 31.3 Å². The summed E-state index contributed by atoms with van der Waals surface area (Å²) < 4.78 is 0. The van der Waals surface area contributed by atoms with Gasteiger partial charge in [0.2, 0.25) is 5.91 Å². The molecule has 52 heavy (non-hydrogen) atoms. The average Bonchev–Trinajstić information content (AvgIpc) is 3.15. The molecule has 0 aromatic rings. The van der Waals surface area contributed by atoms with Gasteiger partial charge in [-0.05, 0) is 38.5 Å². The van der Waals surface area contributed by atoms with Crippen LogP contribution in [0.3, 0.4) is 0 Å². The van der Waals surface area contributed by atoms with E-state index in [9.17, 15) is 20.1 Å². The first-order valence-corrected chi connectivity index (χ1v) is 23.5. The summed E-state index contributed by atoms with van der Waals surface area (Å²) in [5.74, 6) is -0.145. The summed E-state index contributed by atoms with van der Waals surface area (Å²) >= 11 is 0. The van der Waals surface area contributed by atoms with Gasteiger partial charge < -0.3 is 20.6 Å². The molecular weight excluding hydrogens is 643 g/mol. The first kappa shape index (κ1) is 51.1. The smallest absolute Gasteiger partial charge is 0.220 e. The minimum Gasteiger partial charge on any atom is -0.394 e.